The van der Waals surface area contributed by atoms with Crippen molar-refractivity contribution in [2.75, 3.05) is 19.6 Å². The van der Waals surface area contributed by atoms with Crippen LogP contribution in [0.4, 0.5) is 4.39 Å². The van der Waals surface area contributed by atoms with Crippen molar-refractivity contribution in [1.29, 1.82) is 0 Å². The van der Waals surface area contributed by atoms with E-state index in [4.69, 9.17) is 5.73 Å². The van der Waals surface area contributed by atoms with E-state index in [1.54, 1.807) is 0 Å². The number of hydrogen-bond donors (Lipinski definition) is 1. The van der Waals surface area contributed by atoms with Gasteiger partial charge < -0.3 is 5.73 Å². The second-order valence-corrected chi connectivity index (χ2v) is 5.36. The third kappa shape index (κ3) is 4.63. The number of rotatable bonds is 2. The highest BCUT2D eigenvalue weighted by Crippen LogP contribution is 2.16. The predicted molar refractivity (Wildman–Crippen MR) is 80.7 cm³/mol. The maximum Gasteiger partial charge on any atom is 0.128 e. The Morgan fingerprint density at radius 2 is 1.80 bits per heavy atom. The van der Waals surface area contributed by atoms with Gasteiger partial charge in [0.05, 0.1) is 6.54 Å². The average Bonchev–Trinajstić information content (AvgIpc) is 2.41. The van der Waals surface area contributed by atoms with Gasteiger partial charge in [0, 0.05) is 17.7 Å². The Hall–Kier alpha value is -1.37. The summed E-state index contributed by atoms with van der Waals surface area (Å²) in [6.07, 6.45) is 6.39. The zero-order valence-electron chi connectivity index (χ0n) is 12.0. The summed E-state index contributed by atoms with van der Waals surface area (Å²) in [7, 11) is 0. The fraction of sp³-hybridized carbons (Fsp3) is 0.529. The summed E-state index contributed by atoms with van der Waals surface area (Å²) < 4.78 is 14.1. The van der Waals surface area contributed by atoms with Crippen LogP contribution >= 0.6 is 0 Å². The molecule has 2 rings (SSSR count). The van der Waals surface area contributed by atoms with Crippen molar-refractivity contribution in [3.8, 4) is 11.8 Å². The molecule has 0 bridgehead atoms. The standard InChI is InChI=1S/C17H23FN2/c18-17-13-15(7-6-10-19)8-9-16(17)14-20-11-4-2-1-3-5-12-20/h8-9,13H,1-5,10-12,14,19H2. The highest BCUT2D eigenvalue weighted by Gasteiger charge is 2.11. The zero-order valence-corrected chi connectivity index (χ0v) is 12.0. The van der Waals surface area contributed by atoms with Gasteiger partial charge in [-0.05, 0) is 38.1 Å². The summed E-state index contributed by atoms with van der Waals surface area (Å²) in [4.78, 5) is 2.36. The first-order valence-electron chi connectivity index (χ1n) is 7.49. The third-order valence-corrected chi connectivity index (χ3v) is 3.73. The molecule has 0 saturated carbocycles. The quantitative estimate of drug-likeness (QED) is 0.840. The van der Waals surface area contributed by atoms with Crippen LogP contribution in [0.2, 0.25) is 0 Å². The number of nitrogens with two attached hydrogens (primary N) is 1. The highest BCUT2D eigenvalue weighted by atomic mass is 19.1. The van der Waals surface area contributed by atoms with Gasteiger partial charge in [-0.3, -0.25) is 4.90 Å². The summed E-state index contributed by atoms with van der Waals surface area (Å²) in [5.74, 6) is 5.46. The molecule has 1 heterocycles. The molecule has 2 nitrogen and oxygen atoms in total. The van der Waals surface area contributed by atoms with Crippen LogP contribution in [0.5, 0.6) is 0 Å². The molecular weight excluding hydrogens is 251 g/mol. The lowest BCUT2D eigenvalue weighted by molar-refractivity contribution is 0.237. The number of halogens is 1. The minimum Gasteiger partial charge on any atom is -0.320 e. The van der Waals surface area contributed by atoms with Crippen molar-refractivity contribution < 1.29 is 4.39 Å². The van der Waals surface area contributed by atoms with Gasteiger partial charge in [0.1, 0.15) is 5.82 Å². The molecule has 0 aliphatic carbocycles. The highest BCUT2D eigenvalue weighted by molar-refractivity contribution is 5.37. The van der Waals surface area contributed by atoms with E-state index < -0.39 is 0 Å². The fourth-order valence-corrected chi connectivity index (χ4v) is 2.62. The van der Waals surface area contributed by atoms with Gasteiger partial charge in [-0.25, -0.2) is 4.39 Å². The van der Waals surface area contributed by atoms with Crippen LogP contribution in [0.3, 0.4) is 0 Å². The maximum atomic E-state index is 14.1. The van der Waals surface area contributed by atoms with Crippen LogP contribution in [0.15, 0.2) is 18.2 Å². The number of hydrogen-bond acceptors (Lipinski definition) is 2. The molecule has 1 aliphatic rings. The molecule has 1 fully saturated rings. The van der Waals surface area contributed by atoms with Gasteiger partial charge >= 0.3 is 0 Å². The molecule has 1 saturated heterocycles. The van der Waals surface area contributed by atoms with Crippen molar-refractivity contribution in [2.45, 2.75) is 38.6 Å². The fourth-order valence-electron chi connectivity index (χ4n) is 2.62. The smallest absolute Gasteiger partial charge is 0.128 e. The van der Waals surface area contributed by atoms with Gasteiger partial charge in [-0.1, -0.05) is 37.2 Å². The topological polar surface area (TPSA) is 29.3 Å². The van der Waals surface area contributed by atoms with E-state index in [1.807, 2.05) is 12.1 Å². The predicted octanol–water partition coefficient (Wildman–Crippen LogP) is 2.90. The SMILES string of the molecule is NCC#Cc1ccc(CN2CCCCCCC2)c(F)c1. The van der Waals surface area contributed by atoms with Crippen LogP contribution in [-0.2, 0) is 6.54 Å². The van der Waals surface area contributed by atoms with E-state index in [1.165, 1.54) is 38.2 Å². The van der Waals surface area contributed by atoms with Crippen LogP contribution < -0.4 is 5.73 Å². The summed E-state index contributed by atoms with van der Waals surface area (Å²) >= 11 is 0. The van der Waals surface area contributed by atoms with Crippen molar-refractivity contribution in [2.24, 2.45) is 5.73 Å². The molecule has 0 unspecified atom stereocenters. The second kappa shape index (κ2) is 8.04. The van der Waals surface area contributed by atoms with Crippen LogP contribution in [0.1, 0.15) is 43.2 Å². The molecule has 0 spiro atoms. The van der Waals surface area contributed by atoms with Gasteiger partial charge in [0.25, 0.3) is 0 Å². The van der Waals surface area contributed by atoms with E-state index in [-0.39, 0.29) is 5.82 Å². The van der Waals surface area contributed by atoms with Crippen LogP contribution in [0.25, 0.3) is 0 Å². The lowest BCUT2D eigenvalue weighted by Crippen LogP contribution is -2.27. The summed E-state index contributed by atoms with van der Waals surface area (Å²) in [5, 5.41) is 0. The average molecular weight is 274 g/mol. The molecule has 1 aromatic carbocycles. The Balaban J connectivity index is 2.01. The first-order valence-corrected chi connectivity index (χ1v) is 7.49. The maximum absolute atomic E-state index is 14.1. The molecule has 2 N–H and O–H groups in total. The van der Waals surface area contributed by atoms with Crippen molar-refractivity contribution in [3.05, 3.63) is 35.1 Å². The van der Waals surface area contributed by atoms with Gasteiger partial charge in [-0.15, -0.1) is 0 Å². The number of likely N-dealkylation sites (tertiary alicyclic amines) is 1. The number of benzene rings is 1. The van der Waals surface area contributed by atoms with Crippen molar-refractivity contribution >= 4 is 0 Å². The van der Waals surface area contributed by atoms with Crippen LogP contribution in [-0.4, -0.2) is 24.5 Å². The largest absolute Gasteiger partial charge is 0.320 e. The molecule has 3 heteroatoms. The van der Waals surface area contributed by atoms with E-state index in [0.717, 1.165) is 18.7 Å². The van der Waals surface area contributed by atoms with E-state index in [9.17, 15) is 4.39 Å². The van der Waals surface area contributed by atoms with Gasteiger partial charge in [-0.2, -0.15) is 0 Å². The summed E-state index contributed by atoms with van der Waals surface area (Å²) in [6.45, 7) is 3.16. The zero-order chi connectivity index (χ0) is 14.2. The monoisotopic (exact) mass is 274 g/mol. The first kappa shape index (κ1) is 15.0. The first-order chi connectivity index (χ1) is 9.79. The molecule has 20 heavy (non-hydrogen) atoms. The Morgan fingerprint density at radius 3 is 2.45 bits per heavy atom. The van der Waals surface area contributed by atoms with E-state index >= 15 is 0 Å². The third-order valence-electron chi connectivity index (χ3n) is 3.73. The van der Waals surface area contributed by atoms with Gasteiger partial charge in [0.15, 0.2) is 0 Å². The molecule has 1 aromatic rings. The summed E-state index contributed by atoms with van der Waals surface area (Å²) in [6, 6.07) is 5.25. The van der Waals surface area contributed by atoms with E-state index in [0.29, 0.717) is 18.7 Å². The molecule has 0 amide bonds. The van der Waals surface area contributed by atoms with Crippen molar-refractivity contribution in [3.63, 3.8) is 0 Å². The normalized spacial score (nSPS) is 16.9. The minimum atomic E-state index is -0.157. The Kier molecular flexibility index (Phi) is 6.04. The second-order valence-electron chi connectivity index (χ2n) is 5.36. The molecule has 0 atom stereocenters. The summed E-state index contributed by atoms with van der Waals surface area (Å²) in [5.41, 5.74) is 6.79. The van der Waals surface area contributed by atoms with E-state index in [2.05, 4.69) is 16.7 Å². The Labute approximate surface area is 121 Å². The van der Waals surface area contributed by atoms with Gasteiger partial charge in [0.2, 0.25) is 0 Å². The Morgan fingerprint density at radius 1 is 1.10 bits per heavy atom. The minimum absolute atomic E-state index is 0.157. The molecule has 108 valence electrons. The lowest BCUT2D eigenvalue weighted by atomic mass is 10.1. The molecule has 0 radical (unpaired) electrons. The molecule has 1 aliphatic heterocycles. The molecular formula is C17H23FN2. The lowest BCUT2D eigenvalue weighted by Gasteiger charge is -2.24. The van der Waals surface area contributed by atoms with Crippen molar-refractivity contribution in [1.82, 2.24) is 4.90 Å². The Bertz CT molecular complexity index is 479. The van der Waals surface area contributed by atoms with Crippen LogP contribution in [0, 0.1) is 17.7 Å². The molecule has 0 aromatic heterocycles. The number of nitrogens with zero attached hydrogens (tertiary/aromatic N) is 1.